The first-order valence-corrected chi connectivity index (χ1v) is 13.9. The molecular weight excluding hydrogens is 492 g/mol. The van der Waals surface area contributed by atoms with Gasteiger partial charge in [0.25, 0.3) is 0 Å². The van der Waals surface area contributed by atoms with E-state index < -0.39 is 0 Å². The van der Waals surface area contributed by atoms with Crippen molar-refractivity contribution in [3.8, 4) is 0 Å². The lowest BCUT2D eigenvalue weighted by molar-refractivity contribution is 0.211. The van der Waals surface area contributed by atoms with Crippen molar-refractivity contribution in [2.75, 3.05) is 13.1 Å². The molecule has 0 aliphatic carbocycles. The maximum Gasteiger partial charge on any atom is 0.113 e. The summed E-state index contributed by atoms with van der Waals surface area (Å²) in [5.74, 6) is 2.37. The SMILES string of the molecule is C.c1ccc(Cc2ncc3n2CCN(Cc2ccccc2)C3)cc1.c1ccc(Cc2ncc3n2CCNC3)cc1. The second-order valence-corrected chi connectivity index (χ2v) is 10.3. The van der Waals surface area contributed by atoms with Crippen LogP contribution in [0.15, 0.2) is 103 Å². The Morgan fingerprint density at radius 3 is 1.73 bits per heavy atom. The van der Waals surface area contributed by atoms with Crippen LogP contribution in [0.1, 0.15) is 47.2 Å². The first kappa shape index (κ1) is 27.6. The molecule has 0 spiro atoms. The van der Waals surface area contributed by atoms with Crippen LogP contribution in [0.25, 0.3) is 0 Å². The summed E-state index contributed by atoms with van der Waals surface area (Å²) < 4.78 is 4.73. The van der Waals surface area contributed by atoms with E-state index in [9.17, 15) is 0 Å². The molecule has 6 nitrogen and oxygen atoms in total. The minimum Gasteiger partial charge on any atom is -0.329 e. The molecule has 3 aromatic carbocycles. The lowest BCUT2D eigenvalue weighted by Crippen LogP contribution is -2.33. The normalized spacial score (nSPS) is 14.3. The van der Waals surface area contributed by atoms with Crippen LogP contribution in [0.4, 0.5) is 0 Å². The summed E-state index contributed by atoms with van der Waals surface area (Å²) in [6, 6.07) is 31.8. The van der Waals surface area contributed by atoms with Gasteiger partial charge in [0.2, 0.25) is 0 Å². The number of rotatable bonds is 6. The Bertz CT molecular complexity index is 1460. The van der Waals surface area contributed by atoms with Gasteiger partial charge in [0.05, 0.1) is 11.4 Å². The van der Waals surface area contributed by atoms with Gasteiger partial charge in [-0.15, -0.1) is 0 Å². The van der Waals surface area contributed by atoms with E-state index in [4.69, 9.17) is 0 Å². The van der Waals surface area contributed by atoms with Crippen molar-refractivity contribution < 1.29 is 0 Å². The zero-order valence-electron chi connectivity index (χ0n) is 22.4. The van der Waals surface area contributed by atoms with Gasteiger partial charge in [-0.25, -0.2) is 9.97 Å². The van der Waals surface area contributed by atoms with Crippen LogP contribution in [0.3, 0.4) is 0 Å². The highest BCUT2D eigenvalue weighted by atomic mass is 15.2. The molecule has 0 saturated heterocycles. The molecule has 2 aliphatic rings. The average Bonchev–Trinajstić information content (AvgIpc) is 3.59. The minimum absolute atomic E-state index is 0. The fourth-order valence-corrected chi connectivity index (χ4v) is 5.49. The molecule has 0 amide bonds. The Kier molecular flexibility index (Phi) is 9.22. The first-order chi connectivity index (χ1) is 19.3. The van der Waals surface area contributed by atoms with E-state index in [1.54, 1.807) is 0 Å². The van der Waals surface area contributed by atoms with Gasteiger partial charge < -0.3 is 14.5 Å². The minimum atomic E-state index is 0. The maximum absolute atomic E-state index is 4.67. The van der Waals surface area contributed by atoms with Gasteiger partial charge in [0.15, 0.2) is 0 Å². The van der Waals surface area contributed by atoms with Crippen molar-refractivity contribution in [1.29, 1.82) is 0 Å². The molecule has 40 heavy (non-hydrogen) atoms. The van der Waals surface area contributed by atoms with E-state index in [2.05, 4.69) is 127 Å². The standard InChI is InChI=1S/C20H21N3.C13H15N3.CH4/c1-3-7-17(8-4-1)13-20-21-14-19-16-22(11-12-23(19)20)15-18-9-5-2-6-10-18;1-2-4-11(5-3-1)8-13-15-10-12-9-14-6-7-16(12)13;/h1-10,14H,11-13,15-16H2;1-5,10,14H,6-9H2;1H4. The molecule has 7 rings (SSSR count). The zero-order valence-corrected chi connectivity index (χ0v) is 22.4. The maximum atomic E-state index is 4.67. The molecule has 5 aromatic rings. The van der Waals surface area contributed by atoms with E-state index in [-0.39, 0.29) is 7.43 Å². The molecule has 0 saturated carbocycles. The number of hydrogen-bond acceptors (Lipinski definition) is 4. The van der Waals surface area contributed by atoms with E-state index >= 15 is 0 Å². The highest BCUT2D eigenvalue weighted by Crippen LogP contribution is 2.19. The largest absolute Gasteiger partial charge is 0.329 e. The van der Waals surface area contributed by atoms with Crippen molar-refractivity contribution in [1.82, 2.24) is 29.3 Å². The van der Waals surface area contributed by atoms with Crippen LogP contribution >= 0.6 is 0 Å². The molecule has 0 bridgehead atoms. The zero-order chi connectivity index (χ0) is 26.3. The monoisotopic (exact) mass is 532 g/mol. The third-order valence-electron chi connectivity index (χ3n) is 7.54. The number of hydrogen-bond donors (Lipinski definition) is 1. The van der Waals surface area contributed by atoms with Crippen LogP contribution in [0.5, 0.6) is 0 Å². The summed E-state index contributed by atoms with van der Waals surface area (Å²) in [6.45, 7) is 7.14. The summed E-state index contributed by atoms with van der Waals surface area (Å²) in [7, 11) is 0. The van der Waals surface area contributed by atoms with Gasteiger partial charge in [0.1, 0.15) is 11.6 Å². The lowest BCUT2D eigenvalue weighted by Gasteiger charge is -2.29. The Balaban J connectivity index is 0.000000167. The second kappa shape index (κ2) is 13.4. The Morgan fingerprint density at radius 2 is 1.12 bits per heavy atom. The van der Waals surface area contributed by atoms with E-state index in [1.165, 1.54) is 39.7 Å². The fraction of sp³-hybridized carbons (Fsp3) is 0.294. The fourth-order valence-electron chi connectivity index (χ4n) is 5.49. The summed E-state index contributed by atoms with van der Waals surface area (Å²) >= 11 is 0. The van der Waals surface area contributed by atoms with Crippen LogP contribution in [-0.2, 0) is 45.6 Å². The third kappa shape index (κ3) is 6.76. The van der Waals surface area contributed by atoms with Gasteiger partial charge in [0, 0.05) is 71.0 Å². The van der Waals surface area contributed by atoms with Gasteiger partial charge in [-0.05, 0) is 16.7 Å². The molecule has 6 heteroatoms. The van der Waals surface area contributed by atoms with E-state index in [1.807, 2.05) is 6.20 Å². The highest BCUT2D eigenvalue weighted by Gasteiger charge is 2.19. The van der Waals surface area contributed by atoms with Gasteiger partial charge >= 0.3 is 0 Å². The van der Waals surface area contributed by atoms with Crippen LogP contribution < -0.4 is 5.32 Å². The van der Waals surface area contributed by atoms with E-state index in [0.717, 1.165) is 58.7 Å². The smallest absolute Gasteiger partial charge is 0.113 e. The lowest BCUT2D eigenvalue weighted by atomic mass is 10.1. The highest BCUT2D eigenvalue weighted by molar-refractivity contribution is 5.22. The van der Waals surface area contributed by atoms with Crippen molar-refractivity contribution in [2.24, 2.45) is 0 Å². The predicted molar refractivity (Wildman–Crippen MR) is 162 cm³/mol. The van der Waals surface area contributed by atoms with Crippen LogP contribution in [-0.4, -0.2) is 37.1 Å². The van der Waals surface area contributed by atoms with E-state index in [0.29, 0.717) is 0 Å². The summed E-state index contributed by atoms with van der Waals surface area (Å²) in [6.07, 6.45) is 5.89. The van der Waals surface area contributed by atoms with Gasteiger partial charge in [-0.3, -0.25) is 4.90 Å². The van der Waals surface area contributed by atoms with Crippen molar-refractivity contribution >= 4 is 0 Å². The van der Waals surface area contributed by atoms with Gasteiger partial charge in [-0.2, -0.15) is 0 Å². The average molecular weight is 533 g/mol. The topological polar surface area (TPSA) is 50.9 Å². The third-order valence-corrected chi connectivity index (χ3v) is 7.54. The molecule has 0 atom stereocenters. The first-order valence-electron chi connectivity index (χ1n) is 13.9. The molecule has 1 N–H and O–H groups in total. The second-order valence-electron chi connectivity index (χ2n) is 10.3. The molecule has 2 aromatic heterocycles. The molecule has 0 fully saturated rings. The Hall–Kier alpha value is -4.00. The molecular formula is C34H40N6. The molecule has 0 radical (unpaired) electrons. The summed E-state index contributed by atoms with van der Waals surface area (Å²) in [5.41, 5.74) is 6.67. The molecule has 206 valence electrons. The van der Waals surface area contributed by atoms with Crippen LogP contribution in [0, 0.1) is 0 Å². The van der Waals surface area contributed by atoms with Crippen LogP contribution in [0.2, 0.25) is 0 Å². The number of nitrogens with one attached hydrogen (secondary N) is 1. The van der Waals surface area contributed by atoms with Crippen molar-refractivity contribution in [2.45, 2.75) is 53.0 Å². The Morgan fingerprint density at radius 1 is 0.600 bits per heavy atom. The van der Waals surface area contributed by atoms with Crippen molar-refractivity contribution in [3.63, 3.8) is 0 Å². The number of aromatic nitrogens is 4. The summed E-state index contributed by atoms with van der Waals surface area (Å²) in [4.78, 5) is 11.7. The number of benzene rings is 3. The molecule has 0 unspecified atom stereocenters. The summed E-state index contributed by atoms with van der Waals surface area (Å²) in [5, 5.41) is 3.36. The number of nitrogens with zero attached hydrogens (tertiary/aromatic N) is 5. The molecule has 2 aliphatic heterocycles. The van der Waals surface area contributed by atoms with Crippen molar-refractivity contribution in [3.05, 3.63) is 143 Å². The number of imidazole rings is 2. The predicted octanol–water partition coefficient (Wildman–Crippen LogP) is 5.70. The molecule has 4 heterocycles. The number of fused-ring (bicyclic) bond motifs is 2. The Labute approximate surface area is 238 Å². The van der Waals surface area contributed by atoms with Gasteiger partial charge in [-0.1, -0.05) is 98.4 Å². The quantitative estimate of drug-likeness (QED) is 0.305.